The minimum absolute atomic E-state index is 0.115. The molecule has 1 aromatic carbocycles. The minimum Gasteiger partial charge on any atom is -0.509 e. The fourth-order valence-corrected chi connectivity index (χ4v) is 3.80. The number of nitrogens with zero attached hydrogens (tertiary/aromatic N) is 3. The van der Waals surface area contributed by atoms with Crippen LogP contribution in [0.4, 0.5) is 5.13 Å². The number of hydrogen-bond donors (Lipinski definition) is 2. The number of aliphatic hydroxyl groups excluding tert-OH is 1. The molecule has 1 atom stereocenters. The number of para-hydroxylation sites is 1. The van der Waals surface area contributed by atoms with Gasteiger partial charge in [0.25, 0.3) is 0 Å². The number of hydrogen-bond acceptors (Lipinski definition) is 6. The smallest absolute Gasteiger partial charge is 0.408 e. The van der Waals surface area contributed by atoms with Gasteiger partial charge in [0.1, 0.15) is 23.6 Å². The summed E-state index contributed by atoms with van der Waals surface area (Å²) in [5.74, 6) is 0.771. The number of aliphatic hydroxyl groups is 1. The molecule has 2 aromatic rings. The molecule has 0 amide bonds. The summed E-state index contributed by atoms with van der Waals surface area (Å²) in [4.78, 5) is 0. The maximum Gasteiger partial charge on any atom is 0.408 e. The van der Waals surface area contributed by atoms with Crippen molar-refractivity contribution in [2.45, 2.75) is 6.04 Å². The van der Waals surface area contributed by atoms with Gasteiger partial charge in [-0.15, -0.1) is 0 Å². The highest BCUT2D eigenvalue weighted by atomic mass is 32.1. The first-order valence-corrected chi connectivity index (χ1v) is 8.46. The Balaban J connectivity index is 1.66. The van der Waals surface area contributed by atoms with Gasteiger partial charge in [0.15, 0.2) is 6.04 Å². The number of ether oxygens (including phenoxy) is 1. The third-order valence-electron chi connectivity index (χ3n) is 4.08. The highest BCUT2D eigenvalue weighted by molar-refractivity contribution is 7.21. The Bertz CT molecular complexity index is 926. The zero-order valence-corrected chi connectivity index (χ0v) is 14.0. The molecule has 2 aliphatic rings. The zero-order valence-electron chi connectivity index (χ0n) is 13.2. The van der Waals surface area contributed by atoms with Gasteiger partial charge in [-0.2, -0.15) is 0 Å². The van der Waals surface area contributed by atoms with Gasteiger partial charge < -0.3 is 15.2 Å². The second kappa shape index (κ2) is 5.76. The fourth-order valence-electron chi connectivity index (χ4n) is 2.82. The van der Waals surface area contributed by atoms with Crippen molar-refractivity contribution in [1.29, 1.82) is 0 Å². The van der Waals surface area contributed by atoms with Crippen molar-refractivity contribution in [3.63, 3.8) is 0 Å². The van der Waals surface area contributed by atoms with Gasteiger partial charge in [-0.3, -0.25) is 0 Å². The number of thiazole rings is 1. The molecule has 4 rings (SSSR count). The predicted octanol–water partition coefficient (Wildman–Crippen LogP) is 3.02. The molecule has 0 radical (unpaired) electrons. The van der Waals surface area contributed by atoms with Crippen LogP contribution in [-0.4, -0.2) is 24.3 Å². The molecule has 6 nitrogen and oxygen atoms in total. The molecule has 2 heterocycles. The first-order chi connectivity index (χ1) is 11.6. The Morgan fingerprint density at radius 1 is 1.42 bits per heavy atom. The lowest BCUT2D eigenvalue weighted by atomic mass is 9.98. The van der Waals surface area contributed by atoms with Crippen molar-refractivity contribution in [3.05, 3.63) is 59.7 Å². The Labute approximate surface area is 143 Å². The highest BCUT2D eigenvalue weighted by Crippen LogP contribution is 2.32. The quantitative estimate of drug-likeness (QED) is 0.652. The molecule has 0 saturated carbocycles. The second-order valence-electron chi connectivity index (χ2n) is 5.64. The Hall–Kier alpha value is -2.67. The molecule has 1 unspecified atom stereocenters. The molecule has 0 saturated heterocycles. The molecule has 0 bridgehead atoms. The predicted molar refractivity (Wildman–Crippen MR) is 92.1 cm³/mol. The second-order valence-corrected chi connectivity index (χ2v) is 6.65. The van der Waals surface area contributed by atoms with E-state index in [0.29, 0.717) is 24.5 Å². The summed E-state index contributed by atoms with van der Waals surface area (Å²) >= 11 is 1.55. The number of allylic oxidation sites excluding steroid dienone is 1. The summed E-state index contributed by atoms with van der Waals surface area (Å²) in [6.45, 7) is 5.31. The van der Waals surface area contributed by atoms with Crippen LogP contribution < -0.4 is 9.88 Å². The lowest BCUT2D eigenvalue weighted by Crippen LogP contribution is -2.32. The summed E-state index contributed by atoms with van der Waals surface area (Å²) in [7, 11) is 1.95. The number of rotatable bonds is 2. The summed E-state index contributed by atoms with van der Waals surface area (Å²) < 4.78 is 8.78. The maximum atomic E-state index is 10.3. The van der Waals surface area contributed by atoms with Crippen molar-refractivity contribution in [2.75, 3.05) is 13.2 Å². The SMILES string of the molecule is C=C1C2=C(C=C(O)C1N=Nc1sc3ccccc3[n+]1C)NCCO2. The van der Waals surface area contributed by atoms with E-state index in [-0.39, 0.29) is 5.76 Å². The molecule has 1 aliphatic heterocycles. The van der Waals surface area contributed by atoms with E-state index in [4.69, 9.17) is 4.74 Å². The molecule has 2 N–H and O–H groups in total. The van der Waals surface area contributed by atoms with E-state index >= 15 is 0 Å². The third kappa shape index (κ3) is 2.37. The molecular weight excluding hydrogens is 324 g/mol. The standard InChI is InChI=1S/C17H16N4O2S/c1-10-15(13(22)9-11-16(10)23-8-7-18-11)19-20-17-21(2)12-5-3-4-6-14(12)24-17/h3-6,9,15,18H,1,7-8H2,2H3/p+1. The van der Waals surface area contributed by atoms with Crippen LogP contribution in [-0.2, 0) is 11.8 Å². The number of benzene rings is 1. The van der Waals surface area contributed by atoms with Crippen molar-refractivity contribution in [2.24, 2.45) is 17.3 Å². The van der Waals surface area contributed by atoms with E-state index in [1.165, 1.54) is 0 Å². The fraction of sp³-hybridized carbons (Fsp3) is 0.235. The van der Waals surface area contributed by atoms with Crippen molar-refractivity contribution < 1.29 is 14.4 Å². The minimum atomic E-state index is -0.617. The van der Waals surface area contributed by atoms with E-state index in [0.717, 1.165) is 21.0 Å². The van der Waals surface area contributed by atoms with Crippen molar-refractivity contribution in [1.82, 2.24) is 5.32 Å². The molecule has 24 heavy (non-hydrogen) atoms. The Kier molecular flexibility index (Phi) is 3.57. The molecule has 1 aromatic heterocycles. The Morgan fingerprint density at radius 2 is 2.25 bits per heavy atom. The van der Waals surface area contributed by atoms with Gasteiger partial charge in [-0.25, -0.2) is 4.57 Å². The zero-order chi connectivity index (χ0) is 16.7. The number of nitrogens with one attached hydrogen (secondary N) is 1. The van der Waals surface area contributed by atoms with Crippen LogP contribution >= 0.6 is 11.3 Å². The molecule has 0 spiro atoms. The summed E-state index contributed by atoms with van der Waals surface area (Å²) in [5.41, 5.74) is 2.47. The van der Waals surface area contributed by atoms with Gasteiger partial charge in [0, 0.05) is 18.2 Å². The average Bonchev–Trinajstić information content (AvgIpc) is 2.91. The number of aryl methyl sites for hydroxylation is 1. The topological polar surface area (TPSA) is 70.1 Å². The van der Waals surface area contributed by atoms with Gasteiger partial charge in [-0.1, -0.05) is 23.8 Å². The van der Waals surface area contributed by atoms with Crippen LogP contribution in [0.1, 0.15) is 0 Å². The van der Waals surface area contributed by atoms with Crippen LogP contribution in [0.5, 0.6) is 0 Å². The van der Waals surface area contributed by atoms with Gasteiger partial charge >= 0.3 is 5.13 Å². The monoisotopic (exact) mass is 341 g/mol. The summed E-state index contributed by atoms with van der Waals surface area (Å²) in [6.07, 6.45) is 1.64. The number of azo groups is 1. The van der Waals surface area contributed by atoms with E-state index in [9.17, 15) is 5.11 Å². The van der Waals surface area contributed by atoms with Crippen LogP contribution in [0, 0.1) is 0 Å². The van der Waals surface area contributed by atoms with E-state index < -0.39 is 6.04 Å². The number of aromatic nitrogens is 1. The van der Waals surface area contributed by atoms with Gasteiger partial charge in [0.05, 0.1) is 22.6 Å². The van der Waals surface area contributed by atoms with Crippen molar-refractivity contribution >= 4 is 26.7 Å². The maximum absolute atomic E-state index is 10.3. The molecule has 7 heteroatoms. The normalized spacial score (nSPS) is 20.8. The summed E-state index contributed by atoms with van der Waals surface area (Å²) in [6, 6.07) is 7.47. The molecular formula is C17H17N4O2S+. The first-order valence-electron chi connectivity index (χ1n) is 7.64. The van der Waals surface area contributed by atoms with Gasteiger partial charge in [-0.05, 0) is 23.5 Å². The molecule has 0 fully saturated rings. The van der Waals surface area contributed by atoms with Crippen LogP contribution in [0.25, 0.3) is 10.2 Å². The van der Waals surface area contributed by atoms with E-state index in [1.807, 2.05) is 29.8 Å². The third-order valence-corrected chi connectivity index (χ3v) is 5.18. The first kappa shape index (κ1) is 14.9. The largest absolute Gasteiger partial charge is 0.509 e. The van der Waals surface area contributed by atoms with Crippen molar-refractivity contribution in [3.8, 4) is 0 Å². The van der Waals surface area contributed by atoms with E-state index in [1.54, 1.807) is 17.4 Å². The van der Waals surface area contributed by atoms with E-state index in [2.05, 4.69) is 28.2 Å². The molecule has 1 aliphatic carbocycles. The average molecular weight is 341 g/mol. The van der Waals surface area contributed by atoms with Crippen LogP contribution in [0.15, 0.2) is 69.9 Å². The van der Waals surface area contributed by atoms with Gasteiger partial charge in [0.2, 0.25) is 0 Å². The van der Waals surface area contributed by atoms with Crippen LogP contribution in [0.2, 0.25) is 0 Å². The summed E-state index contributed by atoms with van der Waals surface area (Å²) in [5, 5.41) is 22.9. The van der Waals surface area contributed by atoms with Crippen LogP contribution in [0.3, 0.4) is 0 Å². The number of fused-ring (bicyclic) bond motifs is 1. The Morgan fingerprint density at radius 3 is 3.08 bits per heavy atom. The highest BCUT2D eigenvalue weighted by Gasteiger charge is 2.32. The molecule has 122 valence electrons. The lowest BCUT2D eigenvalue weighted by Gasteiger charge is -2.27. The lowest BCUT2D eigenvalue weighted by molar-refractivity contribution is -0.627.